The molecule has 1 rings (SSSR count). The van der Waals surface area contributed by atoms with E-state index in [0.29, 0.717) is 25.5 Å². The first-order chi connectivity index (χ1) is 8.84. The molecule has 0 unspecified atom stereocenters. The van der Waals surface area contributed by atoms with E-state index in [9.17, 15) is 8.42 Å². The summed E-state index contributed by atoms with van der Waals surface area (Å²) < 4.78 is 29.6. The summed E-state index contributed by atoms with van der Waals surface area (Å²) in [6, 6.07) is 0. The highest BCUT2D eigenvalue weighted by Crippen LogP contribution is 2.07. The third kappa shape index (κ3) is 5.30. The molecule has 110 valence electrons. The summed E-state index contributed by atoms with van der Waals surface area (Å²) in [7, 11) is -3.08. The highest BCUT2D eigenvalue weighted by Gasteiger charge is 2.13. The number of aromatic nitrogens is 1. The van der Waals surface area contributed by atoms with E-state index in [4.69, 9.17) is 4.42 Å². The van der Waals surface area contributed by atoms with Crippen LogP contribution in [-0.2, 0) is 16.6 Å². The standard InChI is InChI=1S/C12H23N3O3S/c1-5-15(19(4,16)17)8-6-7-13-9-12-14-10(2)11(3)18-12/h13H,5-9H2,1-4H3. The maximum atomic E-state index is 11.4. The molecular formula is C12H23N3O3S. The Kier molecular flexibility index (Phi) is 5.96. The molecule has 7 heteroatoms. The van der Waals surface area contributed by atoms with Crippen LogP contribution < -0.4 is 5.32 Å². The average molecular weight is 289 g/mol. The Labute approximate surface area is 115 Å². The molecule has 19 heavy (non-hydrogen) atoms. The van der Waals surface area contributed by atoms with Gasteiger partial charge < -0.3 is 9.73 Å². The number of sulfonamides is 1. The minimum atomic E-state index is -3.08. The minimum absolute atomic E-state index is 0.511. The van der Waals surface area contributed by atoms with Gasteiger partial charge in [0.15, 0.2) is 0 Å². The summed E-state index contributed by atoms with van der Waals surface area (Å²) in [5, 5.41) is 3.20. The van der Waals surface area contributed by atoms with Crippen LogP contribution in [0.3, 0.4) is 0 Å². The maximum Gasteiger partial charge on any atom is 0.211 e. The van der Waals surface area contributed by atoms with Gasteiger partial charge in [0.25, 0.3) is 0 Å². The highest BCUT2D eigenvalue weighted by atomic mass is 32.2. The highest BCUT2D eigenvalue weighted by molar-refractivity contribution is 7.88. The van der Waals surface area contributed by atoms with Gasteiger partial charge in [-0.1, -0.05) is 6.92 Å². The molecule has 0 aliphatic heterocycles. The largest absolute Gasteiger partial charge is 0.444 e. The molecule has 0 radical (unpaired) electrons. The molecule has 0 fully saturated rings. The number of hydrogen-bond donors (Lipinski definition) is 1. The second kappa shape index (κ2) is 7.02. The molecule has 0 aromatic carbocycles. The summed E-state index contributed by atoms with van der Waals surface area (Å²) >= 11 is 0. The Hall–Kier alpha value is -0.920. The Balaban J connectivity index is 2.24. The van der Waals surface area contributed by atoms with Crippen molar-refractivity contribution in [1.29, 1.82) is 0 Å². The molecule has 0 saturated carbocycles. The van der Waals surface area contributed by atoms with Gasteiger partial charge in [0.1, 0.15) is 5.76 Å². The van der Waals surface area contributed by atoms with Crippen molar-refractivity contribution in [1.82, 2.24) is 14.6 Å². The van der Waals surface area contributed by atoms with Crippen molar-refractivity contribution in [3.05, 3.63) is 17.3 Å². The van der Waals surface area contributed by atoms with Crippen LogP contribution in [0.2, 0.25) is 0 Å². The summed E-state index contributed by atoms with van der Waals surface area (Å²) in [5.74, 6) is 1.51. The van der Waals surface area contributed by atoms with Crippen LogP contribution in [0.15, 0.2) is 4.42 Å². The van der Waals surface area contributed by atoms with Gasteiger partial charge in [0.05, 0.1) is 18.5 Å². The van der Waals surface area contributed by atoms with Gasteiger partial charge in [-0.05, 0) is 26.8 Å². The zero-order valence-electron chi connectivity index (χ0n) is 12.1. The first-order valence-electron chi connectivity index (χ1n) is 6.43. The van der Waals surface area contributed by atoms with Gasteiger partial charge in [0.2, 0.25) is 15.9 Å². The van der Waals surface area contributed by atoms with E-state index in [1.54, 1.807) is 0 Å². The molecule has 1 aromatic rings. The molecule has 0 bridgehead atoms. The third-order valence-corrected chi connectivity index (χ3v) is 4.31. The van der Waals surface area contributed by atoms with Crippen molar-refractivity contribution in [2.45, 2.75) is 33.7 Å². The van der Waals surface area contributed by atoms with Crippen molar-refractivity contribution in [3.8, 4) is 0 Å². The van der Waals surface area contributed by atoms with Gasteiger partial charge in [-0.3, -0.25) is 0 Å². The van der Waals surface area contributed by atoms with E-state index >= 15 is 0 Å². The minimum Gasteiger partial charge on any atom is -0.444 e. The summed E-state index contributed by atoms with van der Waals surface area (Å²) in [6.07, 6.45) is 2.00. The quantitative estimate of drug-likeness (QED) is 0.724. The molecule has 0 aliphatic carbocycles. The lowest BCUT2D eigenvalue weighted by Crippen LogP contribution is -2.32. The second-order valence-electron chi connectivity index (χ2n) is 4.53. The van der Waals surface area contributed by atoms with E-state index in [0.717, 1.165) is 24.4 Å². The van der Waals surface area contributed by atoms with Crippen LogP contribution in [-0.4, -0.2) is 43.6 Å². The molecule has 1 N–H and O–H groups in total. The lowest BCUT2D eigenvalue weighted by atomic mass is 10.4. The fraction of sp³-hybridized carbons (Fsp3) is 0.750. The van der Waals surface area contributed by atoms with E-state index in [2.05, 4.69) is 10.3 Å². The molecule has 0 spiro atoms. The molecule has 1 aromatic heterocycles. The first-order valence-corrected chi connectivity index (χ1v) is 8.28. The maximum absolute atomic E-state index is 11.4. The van der Waals surface area contributed by atoms with E-state index < -0.39 is 10.0 Å². The Morgan fingerprint density at radius 2 is 2.05 bits per heavy atom. The van der Waals surface area contributed by atoms with Gasteiger partial charge in [-0.25, -0.2) is 17.7 Å². The van der Waals surface area contributed by atoms with Crippen molar-refractivity contribution < 1.29 is 12.8 Å². The molecule has 0 aliphatic rings. The van der Waals surface area contributed by atoms with Gasteiger partial charge in [-0.15, -0.1) is 0 Å². The van der Waals surface area contributed by atoms with Crippen molar-refractivity contribution >= 4 is 10.0 Å². The summed E-state index contributed by atoms with van der Waals surface area (Å²) in [4.78, 5) is 4.26. The first kappa shape index (κ1) is 16.1. The Bertz CT molecular complexity index is 477. The van der Waals surface area contributed by atoms with Crippen molar-refractivity contribution in [2.24, 2.45) is 0 Å². The van der Waals surface area contributed by atoms with Crippen LogP contribution in [0, 0.1) is 13.8 Å². The number of hydrogen-bond acceptors (Lipinski definition) is 5. The van der Waals surface area contributed by atoms with E-state index in [1.165, 1.54) is 10.6 Å². The van der Waals surface area contributed by atoms with Gasteiger partial charge >= 0.3 is 0 Å². The topological polar surface area (TPSA) is 75.4 Å². The van der Waals surface area contributed by atoms with Crippen LogP contribution in [0.4, 0.5) is 0 Å². The predicted octanol–water partition coefficient (Wildman–Crippen LogP) is 1.05. The number of nitrogens with zero attached hydrogens (tertiary/aromatic N) is 2. The Morgan fingerprint density at radius 3 is 2.53 bits per heavy atom. The zero-order chi connectivity index (χ0) is 14.5. The number of oxazole rings is 1. The Morgan fingerprint density at radius 1 is 1.37 bits per heavy atom. The van der Waals surface area contributed by atoms with Crippen LogP contribution >= 0.6 is 0 Å². The lowest BCUT2D eigenvalue weighted by Gasteiger charge is -2.17. The second-order valence-corrected chi connectivity index (χ2v) is 6.52. The van der Waals surface area contributed by atoms with E-state index in [1.807, 2.05) is 20.8 Å². The normalized spacial score (nSPS) is 12.3. The number of nitrogens with one attached hydrogen (secondary N) is 1. The predicted molar refractivity (Wildman–Crippen MR) is 74.4 cm³/mol. The monoisotopic (exact) mass is 289 g/mol. The fourth-order valence-corrected chi connectivity index (χ4v) is 2.68. The lowest BCUT2D eigenvalue weighted by molar-refractivity contribution is 0.409. The van der Waals surface area contributed by atoms with Crippen LogP contribution in [0.5, 0.6) is 0 Å². The number of aryl methyl sites for hydroxylation is 2. The fourth-order valence-electron chi connectivity index (χ4n) is 1.75. The van der Waals surface area contributed by atoms with Crippen LogP contribution in [0.1, 0.15) is 30.7 Å². The smallest absolute Gasteiger partial charge is 0.211 e. The molecule has 0 atom stereocenters. The van der Waals surface area contributed by atoms with E-state index in [-0.39, 0.29) is 0 Å². The summed E-state index contributed by atoms with van der Waals surface area (Å²) in [6.45, 7) is 7.98. The third-order valence-electron chi connectivity index (χ3n) is 2.93. The molecule has 0 amide bonds. The molecule has 0 saturated heterocycles. The summed E-state index contributed by atoms with van der Waals surface area (Å²) in [5.41, 5.74) is 0.908. The van der Waals surface area contributed by atoms with Crippen molar-refractivity contribution in [3.63, 3.8) is 0 Å². The van der Waals surface area contributed by atoms with Gasteiger partial charge in [0, 0.05) is 13.1 Å². The number of rotatable bonds is 8. The molecule has 6 nitrogen and oxygen atoms in total. The van der Waals surface area contributed by atoms with Crippen molar-refractivity contribution in [2.75, 3.05) is 25.9 Å². The van der Waals surface area contributed by atoms with Gasteiger partial charge in [-0.2, -0.15) is 0 Å². The zero-order valence-corrected chi connectivity index (χ0v) is 12.9. The molecular weight excluding hydrogens is 266 g/mol. The molecule has 1 heterocycles. The van der Waals surface area contributed by atoms with Crippen LogP contribution in [0.25, 0.3) is 0 Å². The SMILES string of the molecule is CCN(CCCNCc1nc(C)c(C)o1)S(C)(=O)=O. The average Bonchev–Trinajstić information content (AvgIpc) is 2.61.